The van der Waals surface area contributed by atoms with Crippen molar-refractivity contribution in [1.82, 2.24) is 0 Å². The molecule has 0 heterocycles. The summed E-state index contributed by atoms with van der Waals surface area (Å²) in [7, 11) is 0. The molecule has 3 unspecified atom stereocenters. The summed E-state index contributed by atoms with van der Waals surface area (Å²) in [6, 6.07) is 0. The number of esters is 1. The molecule has 5 rings (SSSR count). The molecular formula is C22H36O3. The van der Waals surface area contributed by atoms with Gasteiger partial charge in [0.25, 0.3) is 0 Å². The fourth-order valence-electron chi connectivity index (χ4n) is 6.82. The summed E-state index contributed by atoms with van der Waals surface area (Å²) in [5.41, 5.74) is -0.133. The lowest BCUT2D eigenvalue weighted by molar-refractivity contribution is -0.266. The zero-order chi connectivity index (χ0) is 17.7. The van der Waals surface area contributed by atoms with Gasteiger partial charge in [-0.2, -0.15) is 0 Å². The standard InChI is InChI=1S/C22H36O3/c1-4-16(3)19(23)24-21-11-17-10-18(12-21)14-22(13-17,15-21)25-20(5-2)8-6-7-9-20/h16-18H,4-15H2,1-3H3. The number of rotatable bonds is 6. The minimum absolute atomic E-state index is 0.0137. The lowest BCUT2D eigenvalue weighted by atomic mass is 9.52. The van der Waals surface area contributed by atoms with Crippen molar-refractivity contribution in [3.63, 3.8) is 0 Å². The van der Waals surface area contributed by atoms with Crippen molar-refractivity contribution in [1.29, 1.82) is 0 Å². The first-order chi connectivity index (χ1) is 11.9. The molecule has 3 atom stereocenters. The lowest BCUT2D eigenvalue weighted by Gasteiger charge is -2.62. The topological polar surface area (TPSA) is 35.5 Å². The number of hydrogen-bond donors (Lipinski definition) is 0. The Bertz CT molecular complexity index is 505. The van der Waals surface area contributed by atoms with E-state index in [1.807, 2.05) is 6.92 Å². The first-order valence-corrected chi connectivity index (χ1v) is 10.8. The zero-order valence-corrected chi connectivity index (χ0v) is 16.4. The van der Waals surface area contributed by atoms with Gasteiger partial charge in [0.05, 0.1) is 17.1 Å². The van der Waals surface area contributed by atoms with Gasteiger partial charge in [-0.3, -0.25) is 4.79 Å². The quantitative estimate of drug-likeness (QED) is 0.602. The number of hydrogen-bond acceptors (Lipinski definition) is 3. The Hall–Kier alpha value is -0.570. The molecule has 0 aromatic rings. The fourth-order valence-corrected chi connectivity index (χ4v) is 6.82. The normalized spacial score (nSPS) is 42.5. The smallest absolute Gasteiger partial charge is 0.309 e. The Morgan fingerprint density at radius 2 is 1.64 bits per heavy atom. The second-order valence-corrected chi connectivity index (χ2v) is 9.90. The number of carbonyl (C=O) groups is 1. The van der Waals surface area contributed by atoms with Crippen molar-refractivity contribution in [3.05, 3.63) is 0 Å². The van der Waals surface area contributed by atoms with Gasteiger partial charge in [0, 0.05) is 6.42 Å². The van der Waals surface area contributed by atoms with Crippen LogP contribution in [0.15, 0.2) is 0 Å². The third-order valence-electron chi connectivity index (χ3n) is 7.88. The van der Waals surface area contributed by atoms with Crippen molar-refractivity contribution in [2.45, 2.75) is 115 Å². The van der Waals surface area contributed by atoms with Crippen LogP contribution in [0, 0.1) is 17.8 Å². The molecule has 142 valence electrons. The predicted octanol–water partition coefficient (Wildman–Crippen LogP) is 5.41. The van der Waals surface area contributed by atoms with E-state index in [2.05, 4.69) is 13.8 Å². The highest BCUT2D eigenvalue weighted by Gasteiger charge is 2.62. The monoisotopic (exact) mass is 348 g/mol. The zero-order valence-electron chi connectivity index (χ0n) is 16.4. The van der Waals surface area contributed by atoms with Gasteiger partial charge in [-0.25, -0.2) is 0 Å². The highest BCUT2D eigenvalue weighted by molar-refractivity contribution is 5.72. The van der Waals surface area contributed by atoms with E-state index in [9.17, 15) is 4.79 Å². The van der Waals surface area contributed by atoms with Gasteiger partial charge in [-0.1, -0.05) is 33.6 Å². The van der Waals surface area contributed by atoms with Crippen LogP contribution in [0.4, 0.5) is 0 Å². The Morgan fingerprint density at radius 3 is 2.20 bits per heavy atom. The van der Waals surface area contributed by atoms with E-state index in [1.165, 1.54) is 44.9 Å². The Kier molecular flexibility index (Phi) is 4.46. The maximum Gasteiger partial charge on any atom is 0.309 e. The minimum Gasteiger partial charge on any atom is -0.459 e. The van der Waals surface area contributed by atoms with Gasteiger partial charge in [-0.05, 0) is 69.6 Å². The molecule has 5 aliphatic carbocycles. The number of ether oxygens (including phenoxy) is 2. The highest BCUT2D eigenvalue weighted by atomic mass is 16.6. The van der Waals surface area contributed by atoms with E-state index >= 15 is 0 Å². The molecule has 5 saturated carbocycles. The van der Waals surface area contributed by atoms with E-state index in [-0.39, 0.29) is 28.7 Å². The molecule has 0 aromatic heterocycles. The van der Waals surface area contributed by atoms with Gasteiger partial charge in [0.15, 0.2) is 0 Å². The van der Waals surface area contributed by atoms with E-state index in [4.69, 9.17) is 9.47 Å². The van der Waals surface area contributed by atoms with Crippen LogP contribution < -0.4 is 0 Å². The molecule has 25 heavy (non-hydrogen) atoms. The van der Waals surface area contributed by atoms with Crippen LogP contribution in [0.5, 0.6) is 0 Å². The maximum atomic E-state index is 12.6. The SMILES string of the molecule is CCC(C)C(=O)OC12CC3CC(C1)CC(OC1(CC)CCCC1)(C3)C2. The van der Waals surface area contributed by atoms with Crippen LogP contribution >= 0.6 is 0 Å². The summed E-state index contributed by atoms with van der Waals surface area (Å²) in [5.74, 6) is 1.43. The molecule has 0 saturated heterocycles. The average molecular weight is 349 g/mol. The number of carbonyl (C=O) groups excluding carboxylic acids is 1. The van der Waals surface area contributed by atoms with Crippen molar-refractivity contribution < 1.29 is 14.3 Å². The van der Waals surface area contributed by atoms with E-state index < -0.39 is 0 Å². The third-order valence-corrected chi connectivity index (χ3v) is 7.88. The summed E-state index contributed by atoms with van der Waals surface area (Å²) >= 11 is 0. The van der Waals surface area contributed by atoms with Crippen molar-refractivity contribution in [2.75, 3.05) is 0 Å². The van der Waals surface area contributed by atoms with Crippen molar-refractivity contribution in [3.8, 4) is 0 Å². The predicted molar refractivity (Wildman–Crippen MR) is 98.3 cm³/mol. The van der Waals surface area contributed by atoms with Gasteiger partial charge in [-0.15, -0.1) is 0 Å². The van der Waals surface area contributed by atoms with Gasteiger partial charge in [0.1, 0.15) is 5.60 Å². The maximum absolute atomic E-state index is 12.6. The molecule has 3 nitrogen and oxygen atoms in total. The molecule has 0 spiro atoms. The third kappa shape index (κ3) is 3.15. The molecule has 3 heteroatoms. The second kappa shape index (κ2) is 6.25. The minimum atomic E-state index is -0.224. The van der Waals surface area contributed by atoms with Crippen LogP contribution in [0.25, 0.3) is 0 Å². The summed E-state index contributed by atoms with van der Waals surface area (Å²) in [4.78, 5) is 12.6. The molecule has 0 aliphatic heterocycles. The summed E-state index contributed by atoms with van der Waals surface area (Å²) in [5, 5.41) is 0. The molecule has 5 aliphatic rings. The summed E-state index contributed by atoms with van der Waals surface area (Å²) < 4.78 is 13.3. The highest BCUT2D eigenvalue weighted by Crippen LogP contribution is 2.62. The lowest BCUT2D eigenvalue weighted by Crippen LogP contribution is -2.63. The molecule has 4 bridgehead atoms. The van der Waals surface area contributed by atoms with E-state index in [1.54, 1.807) is 0 Å². The van der Waals surface area contributed by atoms with E-state index in [0.717, 1.165) is 32.1 Å². The van der Waals surface area contributed by atoms with Crippen LogP contribution in [-0.4, -0.2) is 22.8 Å². The molecule has 0 radical (unpaired) electrons. The van der Waals surface area contributed by atoms with Crippen LogP contribution in [0.1, 0.15) is 97.8 Å². The first kappa shape index (κ1) is 17.8. The summed E-state index contributed by atoms with van der Waals surface area (Å²) in [6.45, 7) is 6.37. The van der Waals surface area contributed by atoms with Crippen LogP contribution in [-0.2, 0) is 14.3 Å². The molecule has 5 fully saturated rings. The van der Waals surface area contributed by atoms with Crippen molar-refractivity contribution >= 4 is 5.97 Å². The second-order valence-electron chi connectivity index (χ2n) is 9.90. The average Bonchev–Trinajstić information content (AvgIpc) is 3.00. The van der Waals surface area contributed by atoms with Gasteiger partial charge >= 0.3 is 5.97 Å². The molecule has 0 N–H and O–H groups in total. The molecule has 0 aromatic carbocycles. The molecule has 0 amide bonds. The van der Waals surface area contributed by atoms with Crippen molar-refractivity contribution in [2.24, 2.45) is 17.8 Å². The summed E-state index contributed by atoms with van der Waals surface area (Å²) in [6.07, 6.45) is 13.9. The largest absolute Gasteiger partial charge is 0.459 e. The van der Waals surface area contributed by atoms with Crippen LogP contribution in [0.3, 0.4) is 0 Å². The fraction of sp³-hybridized carbons (Fsp3) is 0.955. The Balaban J connectivity index is 1.55. The first-order valence-electron chi connectivity index (χ1n) is 10.8. The van der Waals surface area contributed by atoms with Gasteiger partial charge in [0.2, 0.25) is 0 Å². The molecular weight excluding hydrogens is 312 g/mol. The Morgan fingerprint density at radius 1 is 1.04 bits per heavy atom. The Labute approximate surface area is 153 Å². The van der Waals surface area contributed by atoms with Gasteiger partial charge < -0.3 is 9.47 Å². The van der Waals surface area contributed by atoms with E-state index in [0.29, 0.717) is 11.8 Å². The van der Waals surface area contributed by atoms with Crippen LogP contribution in [0.2, 0.25) is 0 Å².